The third-order valence-electron chi connectivity index (χ3n) is 3.71. The molecule has 0 spiro atoms. The van der Waals surface area contributed by atoms with Gasteiger partial charge in [-0.3, -0.25) is 9.58 Å². The average Bonchev–Trinajstić information content (AvgIpc) is 2.90. The fourth-order valence-corrected chi connectivity index (χ4v) is 2.93. The summed E-state index contributed by atoms with van der Waals surface area (Å²) >= 11 is 6.34. The van der Waals surface area contributed by atoms with Crippen molar-refractivity contribution in [2.75, 3.05) is 20.3 Å². The summed E-state index contributed by atoms with van der Waals surface area (Å²) in [6.45, 7) is 4.95. The van der Waals surface area contributed by atoms with Crippen LogP contribution >= 0.6 is 11.6 Å². The molecule has 0 bridgehead atoms. The minimum Gasteiger partial charge on any atom is -0.383 e. The molecule has 2 rings (SSSR count). The van der Waals surface area contributed by atoms with E-state index >= 15 is 0 Å². The van der Waals surface area contributed by atoms with E-state index in [1.165, 1.54) is 18.4 Å². The van der Waals surface area contributed by atoms with Crippen LogP contribution in [0.1, 0.15) is 31.0 Å². The van der Waals surface area contributed by atoms with Crippen molar-refractivity contribution in [1.82, 2.24) is 14.7 Å². The van der Waals surface area contributed by atoms with Crippen LogP contribution in [0.3, 0.4) is 0 Å². The Labute approximate surface area is 114 Å². The summed E-state index contributed by atoms with van der Waals surface area (Å²) in [7, 11) is 3.67. The number of aromatic nitrogens is 2. The van der Waals surface area contributed by atoms with Gasteiger partial charge in [-0.25, -0.2) is 0 Å². The Morgan fingerprint density at radius 1 is 1.50 bits per heavy atom. The van der Waals surface area contributed by atoms with Gasteiger partial charge < -0.3 is 4.74 Å². The average molecular weight is 272 g/mol. The van der Waals surface area contributed by atoms with E-state index in [2.05, 4.69) is 16.9 Å². The topological polar surface area (TPSA) is 30.3 Å². The van der Waals surface area contributed by atoms with E-state index in [1.54, 1.807) is 11.8 Å². The predicted octanol–water partition coefficient (Wildman–Crippen LogP) is 2.25. The number of nitrogens with zero attached hydrogens (tertiary/aromatic N) is 3. The molecule has 4 nitrogen and oxygen atoms in total. The summed E-state index contributed by atoms with van der Waals surface area (Å²) in [5, 5.41) is 5.24. The van der Waals surface area contributed by atoms with Gasteiger partial charge >= 0.3 is 0 Å². The standard InChI is InChI=1S/C13H22ClN3O/c1-4-12-11(13(14)16(2)15-12)8-17-7-5-6-10(17)9-18-3/h10H,4-9H2,1-3H3/t10-/m0/s1. The number of hydrogen-bond acceptors (Lipinski definition) is 3. The van der Waals surface area contributed by atoms with Gasteiger partial charge in [0.1, 0.15) is 5.15 Å². The number of methoxy groups -OCH3 is 1. The predicted molar refractivity (Wildman–Crippen MR) is 72.9 cm³/mol. The molecule has 1 saturated heterocycles. The third kappa shape index (κ3) is 2.71. The summed E-state index contributed by atoms with van der Waals surface area (Å²) < 4.78 is 7.07. The number of ether oxygens (including phenoxy) is 1. The molecule has 0 saturated carbocycles. The molecule has 5 heteroatoms. The van der Waals surface area contributed by atoms with Gasteiger partial charge in [0.25, 0.3) is 0 Å². The molecule has 1 fully saturated rings. The fraction of sp³-hybridized carbons (Fsp3) is 0.769. The molecule has 0 radical (unpaired) electrons. The van der Waals surface area contributed by atoms with Gasteiger partial charge in [-0.1, -0.05) is 18.5 Å². The van der Waals surface area contributed by atoms with Crippen molar-refractivity contribution >= 4 is 11.6 Å². The quantitative estimate of drug-likeness (QED) is 0.823. The van der Waals surface area contributed by atoms with Gasteiger partial charge in [0.2, 0.25) is 0 Å². The van der Waals surface area contributed by atoms with Crippen LogP contribution in [0, 0.1) is 0 Å². The number of likely N-dealkylation sites (tertiary alicyclic amines) is 1. The highest BCUT2D eigenvalue weighted by molar-refractivity contribution is 6.30. The van der Waals surface area contributed by atoms with E-state index in [-0.39, 0.29) is 0 Å². The molecule has 0 aliphatic carbocycles. The Balaban J connectivity index is 2.13. The van der Waals surface area contributed by atoms with E-state index in [4.69, 9.17) is 16.3 Å². The number of aryl methyl sites for hydroxylation is 2. The number of rotatable bonds is 5. The summed E-state index contributed by atoms with van der Waals surface area (Å²) in [4.78, 5) is 2.46. The smallest absolute Gasteiger partial charge is 0.131 e. The van der Waals surface area contributed by atoms with Crippen LogP contribution in [0.15, 0.2) is 0 Å². The highest BCUT2D eigenvalue weighted by Crippen LogP contribution is 2.26. The van der Waals surface area contributed by atoms with Gasteiger partial charge in [-0.05, 0) is 25.8 Å². The Morgan fingerprint density at radius 3 is 2.94 bits per heavy atom. The largest absolute Gasteiger partial charge is 0.383 e. The lowest BCUT2D eigenvalue weighted by atomic mass is 10.2. The Kier molecular flexibility index (Phi) is 4.65. The van der Waals surface area contributed by atoms with E-state index in [0.717, 1.165) is 37.0 Å². The molecule has 102 valence electrons. The Bertz CT molecular complexity index is 405. The summed E-state index contributed by atoms with van der Waals surface area (Å²) in [6.07, 6.45) is 3.39. The second-order valence-electron chi connectivity index (χ2n) is 4.92. The second-order valence-corrected chi connectivity index (χ2v) is 5.27. The van der Waals surface area contributed by atoms with Crippen LogP contribution in [-0.2, 0) is 24.8 Å². The van der Waals surface area contributed by atoms with Crippen LogP contribution in [0.25, 0.3) is 0 Å². The van der Waals surface area contributed by atoms with Crippen molar-refractivity contribution < 1.29 is 4.74 Å². The maximum atomic E-state index is 6.34. The molecule has 0 aromatic carbocycles. The lowest BCUT2D eigenvalue weighted by Crippen LogP contribution is -2.32. The first-order chi connectivity index (χ1) is 8.67. The van der Waals surface area contributed by atoms with Gasteiger partial charge in [0, 0.05) is 32.3 Å². The Morgan fingerprint density at radius 2 is 2.28 bits per heavy atom. The van der Waals surface area contributed by atoms with Gasteiger partial charge in [-0.2, -0.15) is 5.10 Å². The van der Waals surface area contributed by atoms with Crippen molar-refractivity contribution in [3.63, 3.8) is 0 Å². The molecule has 1 aliphatic heterocycles. The number of halogens is 1. The minimum atomic E-state index is 0.524. The Hall–Kier alpha value is -0.580. The molecule has 0 N–H and O–H groups in total. The van der Waals surface area contributed by atoms with Crippen molar-refractivity contribution in [3.8, 4) is 0 Å². The zero-order valence-corrected chi connectivity index (χ0v) is 12.2. The lowest BCUT2D eigenvalue weighted by Gasteiger charge is -2.23. The maximum absolute atomic E-state index is 6.34. The van der Waals surface area contributed by atoms with E-state index in [0.29, 0.717) is 6.04 Å². The maximum Gasteiger partial charge on any atom is 0.131 e. The molecular weight excluding hydrogens is 250 g/mol. The normalized spacial score (nSPS) is 20.8. The molecular formula is C13H22ClN3O. The van der Waals surface area contributed by atoms with Crippen LogP contribution in [-0.4, -0.2) is 41.0 Å². The zero-order valence-electron chi connectivity index (χ0n) is 11.4. The van der Waals surface area contributed by atoms with Crippen molar-refractivity contribution in [1.29, 1.82) is 0 Å². The number of hydrogen-bond donors (Lipinski definition) is 0. The van der Waals surface area contributed by atoms with Crippen molar-refractivity contribution in [3.05, 3.63) is 16.4 Å². The molecule has 18 heavy (non-hydrogen) atoms. The van der Waals surface area contributed by atoms with E-state index in [1.807, 2.05) is 7.05 Å². The van der Waals surface area contributed by atoms with Gasteiger partial charge in [0.15, 0.2) is 0 Å². The van der Waals surface area contributed by atoms with Crippen LogP contribution in [0.5, 0.6) is 0 Å². The molecule has 1 aliphatic rings. The van der Waals surface area contributed by atoms with E-state index < -0.39 is 0 Å². The first-order valence-corrected chi connectivity index (χ1v) is 6.98. The SMILES string of the molecule is CCc1nn(C)c(Cl)c1CN1CCC[C@H]1COC. The summed E-state index contributed by atoms with van der Waals surface area (Å²) in [5.41, 5.74) is 2.30. The summed E-state index contributed by atoms with van der Waals surface area (Å²) in [6, 6.07) is 0.524. The highest BCUT2D eigenvalue weighted by atomic mass is 35.5. The second kappa shape index (κ2) is 6.04. The van der Waals surface area contributed by atoms with Crippen LogP contribution in [0.2, 0.25) is 5.15 Å². The van der Waals surface area contributed by atoms with Gasteiger partial charge in [-0.15, -0.1) is 0 Å². The lowest BCUT2D eigenvalue weighted by molar-refractivity contribution is 0.112. The summed E-state index contributed by atoms with van der Waals surface area (Å²) in [5.74, 6) is 0. The van der Waals surface area contributed by atoms with Crippen molar-refractivity contribution in [2.45, 2.75) is 38.8 Å². The van der Waals surface area contributed by atoms with Gasteiger partial charge in [0.05, 0.1) is 12.3 Å². The highest BCUT2D eigenvalue weighted by Gasteiger charge is 2.26. The first kappa shape index (κ1) is 13.8. The third-order valence-corrected chi connectivity index (χ3v) is 4.18. The molecule has 1 aromatic heterocycles. The fourth-order valence-electron chi connectivity index (χ4n) is 2.73. The first-order valence-electron chi connectivity index (χ1n) is 6.60. The zero-order chi connectivity index (χ0) is 13.1. The minimum absolute atomic E-state index is 0.524. The molecule has 0 amide bonds. The molecule has 0 unspecified atom stereocenters. The van der Waals surface area contributed by atoms with Crippen LogP contribution < -0.4 is 0 Å². The van der Waals surface area contributed by atoms with Crippen LogP contribution in [0.4, 0.5) is 0 Å². The van der Waals surface area contributed by atoms with Crippen molar-refractivity contribution in [2.24, 2.45) is 7.05 Å². The molecule has 1 aromatic rings. The monoisotopic (exact) mass is 271 g/mol. The van der Waals surface area contributed by atoms with E-state index in [9.17, 15) is 0 Å². The molecule has 1 atom stereocenters. The molecule has 2 heterocycles.